The van der Waals surface area contributed by atoms with Crippen molar-refractivity contribution in [2.24, 2.45) is 0 Å². The Kier molecular flexibility index (Phi) is 5.24. The molecule has 0 fully saturated rings. The second kappa shape index (κ2) is 7.31. The number of H-pyrrole nitrogens is 1. The third-order valence-corrected chi connectivity index (χ3v) is 4.44. The first-order chi connectivity index (χ1) is 12.7. The molecule has 5 nitrogen and oxygen atoms in total. The van der Waals surface area contributed by atoms with Gasteiger partial charge in [0.2, 0.25) is 5.91 Å². The highest BCUT2D eigenvalue weighted by molar-refractivity contribution is 6.62. The minimum atomic E-state index is -2.13. The molecule has 0 spiro atoms. The van der Waals surface area contributed by atoms with E-state index < -0.39 is 16.3 Å². The maximum absolute atomic E-state index is 12.7. The number of carbonyl (C=O) groups excluding carboxylic acids is 1. The zero-order valence-corrected chi connectivity index (χ0v) is 14.9. The van der Waals surface area contributed by atoms with E-state index in [4.69, 9.17) is 43.0 Å². The molecule has 2 N–H and O–H groups in total. The van der Waals surface area contributed by atoms with E-state index in [2.05, 4.69) is 20.5 Å². The molecule has 27 heavy (non-hydrogen) atoms. The van der Waals surface area contributed by atoms with Crippen LogP contribution in [0.4, 0.5) is 5.82 Å². The van der Waals surface area contributed by atoms with Crippen LogP contribution in [-0.4, -0.2) is 52.5 Å². The quantitative estimate of drug-likeness (QED) is 0.676. The molecule has 0 saturated heterocycles. The van der Waals surface area contributed by atoms with Crippen molar-refractivity contribution < 1.29 is 4.79 Å². The maximum atomic E-state index is 12.7. The molecule has 3 rings (SSSR count). The summed E-state index contributed by atoms with van der Waals surface area (Å²) in [7, 11) is 24.2. The minimum absolute atomic E-state index is 0.221. The monoisotopic (exact) mass is 366 g/mol. The summed E-state index contributed by atoms with van der Waals surface area (Å²) in [6.07, 6.45) is 3.28. The second-order valence-electron chi connectivity index (χ2n) is 6.10. The third-order valence-electron chi connectivity index (χ3n) is 4.19. The van der Waals surface area contributed by atoms with Crippen molar-refractivity contribution in [1.29, 1.82) is 0 Å². The number of carbonyl (C=O) groups is 1. The van der Waals surface area contributed by atoms with Gasteiger partial charge in [-0.2, -0.15) is 5.10 Å². The number of anilines is 1. The zero-order chi connectivity index (χ0) is 19.7. The van der Waals surface area contributed by atoms with Crippen LogP contribution in [0, 0.1) is 0 Å². The van der Waals surface area contributed by atoms with Gasteiger partial charge in [0.25, 0.3) is 0 Å². The lowest BCUT2D eigenvalue weighted by molar-refractivity contribution is -0.117. The summed E-state index contributed by atoms with van der Waals surface area (Å²) in [4.78, 5) is 16.6. The highest BCUT2D eigenvalue weighted by atomic mass is 35.5. The molecule has 124 valence electrons. The van der Waals surface area contributed by atoms with E-state index in [9.17, 15) is 4.79 Å². The summed E-state index contributed by atoms with van der Waals surface area (Å²) < 4.78 is 0. The average molecular weight is 366 g/mol. The number of aromatic amines is 1. The summed E-state index contributed by atoms with van der Waals surface area (Å²) in [6.45, 7) is 0. The van der Waals surface area contributed by atoms with Crippen LogP contribution >= 0.6 is 11.6 Å². The Labute approximate surface area is 167 Å². The predicted molar refractivity (Wildman–Crippen MR) is 109 cm³/mol. The molecule has 2 aromatic heterocycles. The molecule has 0 bridgehead atoms. The Morgan fingerprint density at radius 1 is 1.04 bits per heavy atom. The lowest BCUT2D eigenvalue weighted by atomic mass is 9.28. The molecule has 10 heteroatoms. The van der Waals surface area contributed by atoms with Crippen LogP contribution in [0.25, 0.3) is 11.3 Å². The van der Waals surface area contributed by atoms with E-state index in [1.54, 1.807) is 54.9 Å². The summed E-state index contributed by atoms with van der Waals surface area (Å²) in [5.74, 6) is -0.575. The van der Waals surface area contributed by atoms with Crippen molar-refractivity contribution in [3.63, 3.8) is 0 Å². The second-order valence-corrected chi connectivity index (χ2v) is 6.54. The molecule has 0 unspecified atom stereocenters. The van der Waals surface area contributed by atoms with Gasteiger partial charge in [0.1, 0.15) is 0 Å². The van der Waals surface area contributed by atoms with Crippen LogP contribution in [0.5, 0.6) is 0 Å². The van der Waals surface area contributed by atoms with Crippen molar-refractivity contribution in [2.45, 2.75) is 10.4 Å². The van der Waals surface area contributed by atoms with E-state index in [1.807, 2.05) is 0 Å². The van der Waals surface area contributed by atoms with Gasteiger partial charge in [-0.1, -0.05) is 34.5 Å². The maximum Gasteiger partial charge on any atom is 0.214 e. The molecule has 1 aromatic carbocycles. The average Bonchev–Trinajstić information content (AvgIpc) is 3.11. The van der Waals surface area contributed by atoms with Gasteiger partial charge < -0.3 is 5.32 Å². The lowest BCUT2D eigenvalue weighted by Crippen LogP contribution is -2.50. The molecular weight excluding hydrogens is 355 g/mol. The van der Waals surface area contributed by atoms with Crippen LogP contribution < -0.4 is 5.32 Å². The van der Waals surface area contributed by atoms with Gasteiger partial charge in [-0.15, -0.1) is 0 Å². The number of hydrogen-bond acceptors (Lipinski definition) is 3. The first-order valence-electron chi connectivity index (χ1n) is 7.90. The first-order valence-corrected chi connectivity index (χ1v) is 8.28. The molecule has 0 aliphatic carbocycles. The number of benzene rings is 1. The Hall–Kier alpha value is -2.40. The number of halogens is 1. The smallest absolute Gasteiger partial charge is 0.214 e. The van der Waals surface area contributed by atoms with Crippen molar-refractivity contribution in [1.82, 2.24) is 15.2 Å². The van der Waals surface area contributed by atoms with Gasteiger partial charge in [0.05, 0.1) is 37.1 Å². The molecule has 0 aliphatic rings. The molecule has 0 atom stereocenters. The number of amides is 1. The first kappa shape index (κ1) is 19.4. The fourth-order valence-electron chi connectivity index (χ4n) is 2.44. The Morgan fingerprint density at radius 3 is 2.30 bits per heavy atom. The Balaban J connectivity index is 1.80. The number of rotatable bonds is 5. The summed E-state index contributed by atoms with van der Waals surface area (Å²) in [5, 5.41) is 5.86. The van der Waals surface area contributed by atoms with Crippen LogP contribution in [0.1, 0.15) is 5.56 Å². The summed E-state index contributed by atoms with van der Waals surface area (Å²) in [5.41, 5.74) is 1.88. The fraction of sp³-hybridized carbons (Fsp3) is 0.118. The van der Waals surface area contributed by atoms with E-state index in [-0.39, 0.29) is 5.82 Å². The third kappa shape index (κ3) is 3.83. The lowest BCUT2D eigenvalue weighted by Gasteiger charge is -2.43. The molecule has 0 saturated carbocycles. The van der Waals surface area contributed by atoms with Gasteiger partial charge in [-0.05, 0) is 29.5 Å². The van der Waals surface area contributed by atoms with E-state index >= 15 is 0 Å². The molecule has 3 aromatic rings. The fourth-order valence-corrected chi connectivity index (χ4v) is 2.56. The topological polar surface area (TPSA) is 70.7 Å². The van der Waals surface area contributed by atoms with Gasteiger partial charge in [0.15, 0.2) is 5.82 Å². The normalized spacial score (nSPS) is 11.9. The molecule has 2 heterocycles. The van der Waals surface area contributed by atoms with Crippen molar-refractivity contribution in [3.8, 4) is 11.3 Å². The largest absolute Gasteiger partial charge is 0.310 e. The van der Waals surface area contributed by atoms with Gasteiger partial charge in [-0.3, -0.25) is 14.9 Å². The molecule has 1 amide bonds. The molecular formula is C17H11B4ClN4O. The zero-order valence-electron chi connectivity index (χ0n) is 14.2. The van der Waals surface area contributed by atoms with E-state index in [0.717, 1.165) is 5.56 Å². The predicted octanol–water partition coefficient (Wildman–Crippen LogP) is 1.71. The van der Waals surface area contributed by atoms with Crippen molar-refractivity contribution >= 4 is 54.7 Å². The van der Waals surface area contributed by atoms with E-state index in [1.165, 1.54) is 0 Å². The minimum Gasteiger partial charge on any atom is -0.310 e. The van der Waals surface area contributed by atoms with Gasteiger partial charge in [0, 0.05) is 29.0 Å². The number of nitrogens with one attached hydrogen (secondary N) is 2. The van der Waals surface area contributed by atoms with Crippen LogP contribution in [-0.2, 0) is 10.0 Å². The SMILES string of the molecule is [B]C([B])(C(=O)Nc1cc(-c2ccncc2)[nH]n1)C([B])([B])c1ccc(Cl)cc1. The van der Waals surface area contributed by atoms with Gasteiger partial charge in [-0.25, -0.2) is 0 Å². The number of hydrogen-bond donors (Lipinski definition) is 2. The van der Waals surface area contributed by atoms with Crippen molar-refractivity contribution in [3.05, 3.63) is 65.4 Å². The number of pyridine rings is 1. The number of nitrogens with zero attached hydrogens (tertiary/aromatic N) is 2. The summed E-state index contributed by atoms with van der Waals surface area (Å²) in [6, 6.07) is 11.5. The highest BCUT2D eigenvalue weighted by Gasteiger charge is 2.42. The summed E-state index contributed by atoms with van der Waals surface area (Å²) >= 11 is 5.86. The van der Waals surface area contributed by atoms with Crippen LogP contribution in [0.3, 0.4) is 0 Å². The Bertz CT molecular complexity index is 945. The Morgan fingerprint density at radius 2 is 1.67 bits per heavy atom. The van der Waals surface area contributed by atoms with E-state index in [0.29, 0.717) is 16.3 Å². The van der Waals surface area contributed by atoms with Crippen LogP contribution in [0.15, 0.2) is 54.9 Å². The van der Waals surface area contributed by atoms with Crippen molar-refractivity contribution in [2.75, 3.05) is 5.32 Å². The molecule has 8 radical (unpaired) electrons. The van der Waals surface area contributed by atoms with Crippen LogP contribution in [0.2, 0.25) is 10.2 Å². The van der Waals surface area contributed by atoms with Gasteiger partial charge >= 0.3 is 0 Å². The molecule has 0 aliphatic heterocycles. The number of aromatic nitrogens is 3. The highest BCUT2D eigenvalue weighted by Crippen LogP contribution is 2.39. The standard InChI is InChI=1S/C17H11B4ClN4O/c18-16(19,11-1-3-12(22)4-2-11)17(20,21)15(27)24-14-9-13(25-26-14)10-5-7-23-8-6-10/h1-9H,(H2,24,25,26,27).